The van der Waals surface area contributed by atoms with Crippen molar-refractivity contribution >= 4 is 21.9 Å². The highest BCUT2D eigenvalue weighted by Gasteiger charge is 2.24. The van der Waals surface area contributed by atoms with E-state index in [-0.39, 0.29) is 18.1 Å². The average molecular weight is 304 g/mol. The third kappa shape index (κ3) is 4.35. The van der Waals surface area contributed by atoms with E-state index in [1.165, 1.54) is 0 Å². The van der Waals surface area contributed by atoms with Gasteiger partial charge in [-0.05, 0) is 24.5 Å². The molecule has 0 spiro atoms. The quantitative estimate of drug-likeness (QED) is 0.683. The van der Waals surface area contributed by atoms with Crippen LogP contribution in [-0.2, 0) is 14.8 Å². The van der Waals surface area contributed by atoms with Gasteiger partial charge in [0, 0.05) is 0 Å². The minimum atomic E-state index is -4.04. The van der Waals surface area contributed by atoms with Crippen molar-refractivity contribution in [3.8, 4) is 0 Å². The second kappa shape index (κ2) is 6.06. The second-order valence-corrected chi connectivity index (χ2v) is 6.15. The molecule has 9 heteroatoms. The van der Waals surface area contributed by atoms with E-state index in [9.17, 15) is 18.0 Å². The summed E-state index contributed by atoms with van der Waals surface area (Å²) in [4.78, 5) is 22.8. The first-order chi connectivity index (χ1) is 9.11. The maximum Gasteiger partial charge on any atom is 0.326 e. The van der Waals surface area contributed by atoms with Crippen LogP contribution in [0.5, 0.6) is 0 Å². The number of amides is 1. The largest absolute Gasteiger partial charge is 0.480 e. The van der Waals surface area contributed by atoms with E-state index >= 15 is 0 Å². The molecule has 1 heterocycles. The number of rotatable bonds is 6. The summed E-state index contributed by atoms with van der Waals surface area (Å²) in [7, 11) is -4.04. The van der Waals surface area contributed by atoms with Crippen molar-refractivity contribution in [3.63, 3.8) is 0 Å². The van der Waals surface area contributed by atoms with E-state index in [4.69, 9.17) is 14.7 Å². The predicted octanol–water partition coefficient (Wildman–Crippen LogP) is 0.156. The highest BCUT2D eigenvalue weighted by molar-refractivity contribution is 7.89. The summed E-state index contributed by atoms with van der Waals surface area (Å²) in [5.41, 5.74) is 0. The van der Waals surface area contributed by atoms with Gasteiger partial charge in [0.25, 0.3) is 15.9 Å². The first-order valence-electron chi connectivity index (χ1n) is 5.77. The summed E-state index contributed by atoms with van der Waals surface area (Å²) < 4.78 is 26.8. The molecule has 0 aliphatic rings. The standard InChI is InChI=1S/C11H16N2O6S/c1-6(2)5-7(11(15)16)13-10(14)8-3-4-9(19-8)20(12,17)18/h3-4,6-7H,5H2,1-2H3,(H,13,14)(H,15,16)(H2,12,17,18)/t7-/m0/s1. The first kappa shape index (κ1) is 16.2. The molecule has 0 aliphatic carbocycles. The molecule has 0 saturated heterocycles. The van der Waals surface area contributed by atoms with Gasteiger partial charge in [-0.1, -0.05) is 13.8 Å². The van der Waals surface area contributed by atoms with Gasteiger partial charge in [-0.25, -0.2) is 18.4 Å². The Morgan fingerprint density at radius 2 is 2.00 bits per heavy atom. The van der Waals surface area contributed by atoms with Crippen LogP contribution in [0.25, 0.3) is 0 Å². The maximum absolute atomic E-state index is 11.8. The summed E-state index contributed by atoms with van der Waals surface area (Å²) in [5, 5.41) is 15.5. The molecule has 0 aromatic carbocycles. The highest BCUT2D eigenvalue weighted by atomic mass is 32.2. The van der Waals surface area contributed by atoms with E-state index in [2.05, 4.69) is 5.32 Å². The van der Waals surface area contributed by atoms with Gasteiger partial charge in [-0.15, -0.1) is 0 Å². The second-order valence-electron chi connectivity index (χ2n) is 4.66. The highest BCUT2D eigenvalue weighted by Crippen LogP contribution is 2.13. The van der Waals surface area contributed by atoms with Gasteiger partial charge >= 0.3 is 5.97 Å². The lowest BCUT2D eigenvalue weighted by Gasteiger charge is -2.15. The van der Waals surface area contributed by atoms with Gasteiger partial charge in [-0.3, -0.25) is 4.79 Å². The summed E-state index contributed by atoms with van der Waals surface area (Å²) in [6.45, 7) is 3.63. The van der Waals surface area contributed by atoms with Gasteiger partial charge in [-0.2, -0.15) is 0 Å². The molecular weight excluding hydrogens is 288 g/mol. The Morgan fingerprint density at radius 3 is 2.40 bits per heavy atom. The Kier molecular flexibility index (Phi) is 4.90. The van der Waals surface area contributed by atoms with E-state index in [0.29, 0.717) is 0 Å². The fourth-order valence-electron chi connectivity index (χ4n) is 1.52. The van der Waals surface area contributed by atoms with Crippen LogP contribution >= 0.6 is 0 Å². The van der Waals surface area contributed by atoms with Crippen LogP contribution in [0.4, 0.5) is 0 Å². The van der Waals surface area contributed by atoms with Crippen LogP contribution < -0.4 is 10.5 Å². The van der Waals surface area contributed by atoms with Gasteiger partial charge in [0.05, 0.1) is 0 Å². The van der Waals surface area contributed by atoms with Crippen LogP contribution in [0.15, 0.2) is 21.6 Å². The van der Waals surface area contributed by atoms with Gasteiger partial charge in [0.15, 0.2) is 5.76 Å². The molecule has 1 aromatic heterocycles. The van der Waals surface area contributed by atoms with Crippen LogP contribution in [0.3, 0.4) is 0 Å². The van der Waals surface area contributed by atoms with Gasteiger partial charge in [0.1, 0.15) is 6.04 Å². The van der Waals surface area contributed by atoms with Crippen molar-refractivity contribution in [3.05, 3.63) is 17.9 Å². The summed E-state index contributed by atoms with van der Waals surface area (Å²) in [6.07, 6.45) is 0.240. The van der Waals surface area contributed by atoms with Crippen molar-refractivity contribution in [2.45, 2.75) is 31.4 Å². The molecule has 1 aromatic rings. The van der Waals surface area contributed by atoms with Crippen molar-refractivity contribution in [1.82, 2.24) is 5.32 Å². The molecule has 4 N–H and O–H groups in total. The smallest absolute Gasteiger partial charge is 0.326 e. The molecule has 20 heavy (non-hydrogen) atoms. The van der Waals surface area contributed by atoms with Crippen molar-refractivity contribution in [2.75, 3.05) is 0 Å². The molecule has 0 unspecified atom stereocenters. The van der Waals surface area contributed by atoms with Crippen LogP contribution in [0, 0.1) is 5.92 Å². The van der Waals surface area contributed by atoms with E-state index in [0.717, 1.165) is 12.1 Å². The molecule has 1 atom stereocenters. The summed E-state index contributed by atoms with van der Waals surface area (Å²) in [5.74, 6) is -2.24. The Morgan fingerprint density at radius 1 is 1.40 bits per heavy atom. The van der Waals surface area contributed by atoms with Crippen LogP contribution in [0.1, 0.15) is 30.8 Å². The fraction of sp³-hybridized carbons (Fsp3) is 0.455. The van der Waals surface area contributed by atoms with Gasteiger partial charge < -0.3 is 14.8 Å². The monoisotopic (exact) mass is 304 g/mol. The predicted molar refractivity (Wildman–Crippen MR) is 68.4 cm³/mol. The molecule has 0 radical (unpaired) electrons. The first-order valence-corrected chi connectivity index (χ1v) is 7.32. The molecule has 0 aliphatic heterocycles. The molecular formula is C11H16N2O6S. The normalized spacial score (nSPS) is 13.2. The number of furan rings is 1. The third-order valence-corrected chi connectivity index (χ3v) is 3.18. The number of hydrogen-bond acceptors (Lipinski definition) is 5. The SMILES string of the molecule is CC(C)C[C@H](NC(=O)c1ccc(S(N)(=O)=O)o1)C(=O)O. The maximum atomic E-state index is 11.8. The Hall–Kier alpha value is -1.87. The zero-order chi connectivity index (χ0) is 15.5. The summed E-state index contributed by atoms with van der Waals surface area (Å²) >= 11 is 0. The number of sulfonamides is 1. The van der Waals surface area contributed by atoms with E-state index in [1.807, 2.05) is 13.8 Å². The average Bonchev–Trinajstić information content (AvgIpc) is 2.75. The molecule has 0 fully saturated rings. The van der Waals surface area contributed by atoms with Crippen LogP contribution in [0.2, 0.25) is 0 Å². The number of carbonyl (C=O) groups is 2. The van der Waals surface area contributed by atoms with Crippen molar-refractivity contribution < 1.29 is 27.5 Å². The minimum Gasteiger partial charge on any atom is -0.480 e. The number of hydrogen-bond donors (Lipinski definition) is 3. The third-order valence-electron chi connectivity index (χ3n) is 2.40. The zero-order valence-electron chi connectivity index (χ0n) is 11.0. The lowest BCUT2D eigenvalue weighted by atomic mass is 10.0. The lowest BCUT2D eigenvalue weighted by Crippen LogP contribution is -2.41. The molecule has 112 valence electrons. The number of nitrogens with two attached hydrogens (primary N) is 1. The Labute approximate surface area is 116 Å². The summed E-state index contributed by atoms with van der Waals surface area (Å²) in [6, 6.07) is 1.07. The number of primary sulfonamides is 1. The lowest BCUT2D eigenvalue weighted by molar-refractivity contribution is -0.139. The number of carbonyl (C=O) groups excluding carboxylic acids is 1. The van der Waals surface area contributed by atoms with E-state index < -0.39 is 33.0 Å². The Bertz CT molecular complexity index is 604. The molecule has 0 saturated carbocycles. The Balaban J connectivity index is 2.84. The fourth-order valence-corrected chi connectivity index (χ4v) is 1.98. The zero-order valence-corrected chi connectivity index (χ0v) is 11.8. The van der Waals surface area contributed by atoms with Crippen molar-refractivity contribution in [1.29, 1.82) is 0 Å². The number of carboxylic acid groups (broad SMARTS) is 1. The minimum absolute atomic E-state index is 0.0629. The van der Waals surface area contributed by atoms with Crippen molar-refractivity contribution in [2.24, 2.45) is 11.1 Å². The van der Waals surface area contributed by atoms with Gasteiger partial charge in [0.2, 0.25) is 5.09 Å². The molecule has 8 nitrogen and oxygen atoms in total. The number of aliphatic carboxylic acids is 1. The van der Waals surface area contributed by atoms with E-state index in [1.54, 1.807) is 0 Å². The molecule has 1 amide bonds. The topological polar surface area (TPSA) is 140 Å². The number of carboxylic acids is 1. The van der Waals surface area contributed by atoms with Crippen LogP contribution in [-0.4, -0.2) is 31.4 Å². The molecule has 1 rings (SSSR count). The molecule has 0 bridgehead atoms. The number of nitrogens with one attached hydrogen (secondary N) is 1.